The highest BCUT2D eigenvalue weighted by molar-refractivity contribution is 9.10. The highest BCUT2D eigenvalue weighted by atomic mass is 79.9. The van der Waals surface area contributed by atoms with Crippen LogP contribution in [-0.2, 0) is 6.42 Å². The Bertz CT molecular complexity index is 1330. The third kappa shape index (κ3) is 3.98. The molecule has 1 unspecified atom stereocenters. The molecular formula is C26H22BrN5O. The van der Waals surface area contributed by atoms with E-state index in [1.165, 1.54) is 0 Å². The number of carbonyl (C=O) groups excluding carboxylic acids is 1. The second-order valence-corrected chi connectivity index (χ2v) is 8.76. The maximum absolute atomic E-state index is 13.7. The fourth-order valence-corrected chi connectivity index (χ4v) is 4.64. The molecule has 7 heteroatoms. The zero-order valence-corrected chi connectivity index (χ0v) is 19.7. The van der Waals surface area contributed by atoms with Crippen LogP contribution in [0.1, 0.15) is 46.8 Å². The van der Waals surface area contributed by atoms with Gasteiger partial charge in [0, 0.05) is 47.0 Å². The van der Waals surface area contributed by atoms with Crippen LogP contribution >= 0.6 is 15.9 Å². The monoisotopic (exact) mass is 499 g/mol. The molecule has 4 aromatic rings. The average Bonchev–Trinajstić information content (AvgIpc) is 3.54. The first-order valence-electron chi connectivity index (χ1n) is 10.8. The van der Waals surface area contributed by atoms with Gasteiger partial charge in [-0.1, -0.05) is 64.3 Å². The first kappa shape index (κ1) is 21.2. The van der Waals surface area contributed by atoms with Crippen molar-refractivity contribution in [2.45, 2.75) is 25.8 Å². The number of hydrogen-bond acceptors (Lipinski definition) is 3. The number of halogens is 1. The summed E-state index contributed by atoms with van der Waals surface area (Å²) in [5.74, 6) is 3.78. The molecule has 33 heavy (non-hydrogen) atoms. The molecule has 1 amide bonds. The lowest BCUT2D eigenvalue weighted by molar-refractivity contribution is 0.0739. The van der Waals surface area contributed by atoms with Gasteiger partial charge in [-0.3, -0.25) is 4.79 Å². The number of H-pyrrole nitrogens is 1. The van der Waals surface area contributed by atoms with E-state index in [0.717, 1.165) is 45.5 Å². The highest BCUT2D eigenvalue weighted by Crippen LogP contribution is 2.43. The van der Waals surface area contributed by atoms with Gasteiger partial charge in [0.2, 0.25) is 0 Å². The number of fused-ring (bicyclic) bond motifs is 1. The largest absolute Gasteiger partial charge is 0.349 e. The normalized spacial score (nSPS) is 14.8. The van der Waals surface area contributed by atoms with Crippen molar-refractivity contribution in [3.8, 4) is 23.2 Å². The van der Waals surface area contributed by atoms with Crippen LogP contribution in [0.15, 0.2) is 71.5 Å². The van der Waals surface area contributed by atoms with Gasteiger partial charge in [0.05, 0.1) is 11.7 Å². The summed E-state index contributed by atoms with van der Waals surface area (Å²) in [6.45, 7) is 2.35. The highest BCUT2D eigenvalue weighted by Gasteiger charge is 2.43. The molecule has 0 radical (unpaired) electrons. The fourth-order valence-electron chi connectivity index (χ4n) is 4.37. The maximum atomic E-state index is 13.7. The number of nitrogens with one attached hydrogen (secondary N) is 1. The molecule has 0 spiro atoms. The van der Waals surface area contributed by atoms with Gasteiger partial charge in [-0.15, -0.1) is 0 Å². The Morgan fingerprint density at radius 1 is 1.12 bits per heavy atom. The lowest BCUT2D eigenvalue weighted by Crippen LogP contribution is -2.31. The summed E-state index contributed by atoms with van der Waals surface area (Å²) in [4.78, 5) is 23.1. The van der Waals surface area contributed by atoms with E-state index in [0.29, 0.717) is 12.2 Å². The number of aryl methyl sites for hydroxylation is 1. The van der Waals surface area contributed by atoms with Crippen molar-refractivity contribution in [3.63, 3.8) is 0 Å². The molecule has 2 aromatic heterocycles. The van der Waals surface area contributed by atoms with Crippen molar-refractivity contribution in [2.75, 3.05) is 6.54 Å². The molecule has 1 atom stereocenters. The zero-order chi connectivity index (χ0) is 22.8. The topological polar surface area (TPSA) is 66.8 Å². The van der Waals surface area contributed by atoms with E-state index >= 15 is 0 Å². The van der Waals surface area contributed by atoms with E-state index in [1.54, 1.807) is 17.8 Å². The van der Waals surface area contributed by atoms with Gasteiger partial charge in [0.25, 0.3) is 5.91 Å². The van der Waals surface area contributed by atoms with Crippen LogP contribution in [0.25, 0.3) is 11.3 Å². The molecule has 5 rings (SSSR count). The van der Waals surface area contributed by atoms with E-state index in [2.05, 4.69) is 50.0 Å². The summed E-state index contributed by atoms with van der Waals surface area (Å²) < 4.78 is 2.55. The minimum Gasteiger partial charge on any atom is -0.349 e. The summed E-state index contributed by atoms with van der Waals surface area (Å²) >= 11 is 3.53. The second kappa shape index (κ2) is 9.08. The van der Waals surface area contributed by atoms with E-state index in [9.17, 15) is 4.79 Å². The molecular weight excluding hydrogens is 478 g/mol. The molecule has 0 fully saturated rings. The maximum Gasteiger partial charge on any atom is 0.274 e. The van der Waals surface area contributed by atoms with Gasteiger partial charge in [-0.05, 0) is 31.0 Å². The van der Waals surface area contributed by atoms with Gasteiger partial charge in [-0.2, -0.15) is 9.78 Å². The smallest absolute Gasteiger partial charge is 0.274 e. The van der Waals surface area contributed by atoms with Crippen LogP contribution in [0.3, 0.4) is 0 Å². The van der Waals surface area contributed by atoms with Crippen molar-refractivity contribution in [1.82, 2.24) is 24.6 Å². The van der Waals surface area contributed by atoms with Crippen molar-refractivity contribution >= 4 is 21.8 Å². The fraction of sp³-hybridized carbons (Fsp3) is 0.192. The van der Waals surface area contributed by atoms with E-state index in [-0.39, 0.29) is 11.9 Å². The third-order valence-electron chi connectivity index (χ3n) is 5.79. The molecule has 0 saturated heterocycles. The number of amides is 1. The van der Waals surface area contributed by atoms with E-state index < -0.39 is 0 Å². The molecule has 0 bridgehead atoms. The van der Waals surface area contributed by atoms with Crippen LogP contribution in [0.4, 0.5) is 0 Å². The van der Waals surface area contributed by atoms with Crippen LogP contribution in [0, 0.1) is 12.0 Å². The van der Waals surface area contributed by atoms with Gasteiger partial charge >= 0.3 is 0 Å². The molecule has 6 nitrogen and oxygen atoms in total. The number of aromatic nitrogens is 4. The van der Waals surface area contributed by atoms with Crippen molar-refractivity contribution in [1.29, 1.82) is 0 Å². The summed E-state index contributed by atoms with van der Waals surface area (Å²) in [6.07, 6.45) is 5.14. The van der Waals surface area contributed by atoms with Crippen LogP contribution in [0.2, 0.25) is 0 Å². The molecule has 3 heterocycles. The minimum absolute atomic E-state index is 0.0465. The van der Waals surface area contributed by atoms with E-state index in [1.807, 2.05) is 53.6 Å². The average molecular weight is 500 g/mol. The van der Waals surface area contributed by atoms with Gasteiger partial charge in [0.15, 0.2) is 0 Å². The molecule has 0 saturated carbocycles. The van der Waals surface area contributed by atoms with Crippen molar-refractivity contribution in [3.05, 3.63) is 94.1 Å². The van der Waals surface area contributed by atoms with Gasteiger partial charge in [0.1, 0.15) is 11.5 Å². The van der Waals surface area contributed by atoms with Crippen LogP contribution in [-0.4, -0.2) is 37.1 Å². The zero-order valence-electron chi connectivity index (χ0n) is 18.1. The van der Waals surface area contributed by atoms with Crippen molar-refractivity contribution < 1.29 is 4.79 Å². The molecule has 1 N–H and O–H groups in total. The quantitative estimate of drug-likeness (QED) is 0.377. The molecule has 1 aliphatic heterocycles. The third-order valence-corrected chi connectivity index (χ3v) is 6.32. The molecule has 164 valence electrons. The lowest BCUT2D eigenvalue weighted by Gasteiger charge is -2.26. The Morgan fingerprint density at radius 3 is 2.61 bits per heavy atom. The Kier molecular flexibility index (Phi) is 5.84. The van der Waals surface area contributed by atoms with Crippen LogP contribution < -0.4 is 0 Å². The standard InChI is InChI=1S/C26H22BrN5O/c1-2-16-32-25-22(23(30-32)18-7-4-3-5-8-18)24(19-10-12-20(27)13-11-19)31(26(25)33)17-6-9-21-28-14-15-29-21/h3-5,7-8,10-15,24H,6,9,17H2,1H3,(H,28,29). The first-order chi connectivity index (χ1) is 16.2. The predicted octanol–water partition coefficient (Wildman–Crippen LogP) is 5.04. The number of aromatic amines is 1. The van der Waals surface area contributed by atoms with E-state index in [4.69, 9.17) is 5.10 Å². The summed E-state index contributed by atoms with van der Waals surface area (Å²) in [5.41, 5.74) is 4.27. The second-order valence-electron chi connectivity index (χ2n) is 7.84. The molecule has 1 aliphatic rings. The Balaban J connectivity index is 1.61. The summed E-state index contributed by atoms with van der Waals surface area (Å²) in [7, 11) is 0. The number of rotatable bonds is 6. The molecule has 0 aliphatic carbocycles. The number of imidazole rings is 1. The predicted molar refractivity (Wildman–Crippen MR) is 130 cm³/mol. The number of nitrogens with zero attached hydrogens (tertiary/aromatic N) is 4. The Morgan fingerprint density at radius 2 is 1.91 bits per heavy atom. The Hall–Kier alpha value is -3.63. The van der Waals surface area contributed by atoms with Gasteiger partial charge < -0.3 is 9.88 Å². The molecule has 2 aromatic carbocycles. The van der Waals surface area contributed by atoms with Gasteiger partial charge in [-0.25, -0.2) is 4.98 Å². The van der Waals surface area contributed by atoms with Crippen LogP contribution in [0.5, 0.6) is 0 Å². The minimum atomic E-state index is -0.236. The SMILES string of the molecule is CC#Cn1nc(-c2ccccc2)c2c1C(=O)N(CCCc1ncc[nH]1)C2c1ccc(Br)cc1. The van der Waals surface area contributed by atoms with Crippen molar-refractivity contribution in [2.24, 2.45) is 0 Å². The number of carbonyl (C=O) groups is 1. The summed E-state index contributed by atoms with van der Waals surface area (Å²) in [6, 6.07) is 20.9. The summed E-state index contributed by atoms with van der Waals surface area (Å²) in [5, 5.41) is 4.76. The Labute approximate surface area is 200 Å². The number of hydrogen-bond donors (Lipinski definition) is 1. The first-order valence-corrected chi connectivity index (χ1v) is 11.6. The number of benzene rings is 2. The lowest BCUT2D eigenvalue weighted by atomic mass is 9.96.